The highest BCUT2D eigenvalue weighted by molar-refractivity contribution is 8.00. The molecule has 4 N–H and O–H groups in total. The largest absolute Gasteiger partial charge is 0.457 e. The first kappa shape index (κ1) is 76.4. The van der Waals surface area contributed by atoms with Crippen LogP contribution in [0.1, 0.15) is 51.1 Å². The smallest absolute Gasteiger partial charge is 0.385 e. The predicted octanol–water partition coefficient (Wildman–Crippen LogP) is 4.31. The molecule has 35 heteroatoms. The van der Waals surface area contributed by atoms with Gasteiger partial charge in [-0.25, -0.2) is 13.5 Å². The molecular weight excluding hydrogens is 1210 g/mol. The molecule has 5 atom stereocenters. The first-order chi connectivity index (χ1) is 40.9. The lowest BCUT2D eigenvalue weighted by Crippen LogP contribution is -2.62. The number of alkyl halides is 11. The van der Waals surface area contributed by atoms with E-state index in [0.29, 0.717) is 115 Å². The third kappa shape index (κ3) is 33.1. The van der Waals surface area contributed by atoms with Crippen LogP contribution in [0.2, 0.25) is 0 Å². The van der Waals surface area contributed by atoms with Gasteiger partial charge in [-0.1, -0.05) is 18.2 Å². The van der Waals surface area contributed by atoms with E-state index in [2.05, 4.69) is 42.3 Å². The highest BCUT2D eigenvalue weighted by Gasteiger charge is 2.76. The molecule has 3 heterocycles. The maximum absolute atomic E-state index is 14.3. The van der Waals surface area contributed by atoms with Crippen molar-refractivity contribution in [3.63, 3.8) is 0 Å². The molecule has 2 aliphatic rings. The van der Waals surface area contributed by atoms with Crippen molar-refractivity contribution in [1.29, 1.82) is 0 Å². The summed E-state index contributed by atoms with van der Waals surface area (Å²) < 4.78 is 214. The summed E-state index contributed by atoms with van der Waals surface area (Å²) in [5, 5.41) is 19.5. The quantitative estimate of drug-likeness (QED) is 0.0524. The van der Waals surface area contributed by atoms with E-state index in [-0.39, 0.29) is 97.8 Å². The Bertz CT molecular complexity index is 2030. The fourth-order valence-electron chi connectivity index (χ4n) is 7.74. The SMILES string of the molecule is C=C1C[C@H]2[C@H](CS[C@H]2CCCCC(=O)NCc2cn(CCOCCOCCOCCOCCOCCOCCC(=O)NCCOCCOCCOCCOCCOCCNC(=O)C(OC(F)(F)C(F)(OCC(C)(F)F)C(F)(F)F)C(F)(F)F)nn2)N1. The number of aromatic nitrogens is 3. The number of fused-ring (bicyclic) bond motifs is 1. The second kappa shape index (κ2) is 42.2. The molecule has 2 saturated heterocycles. The average molecular weight is 1290 g/mol. The van der Waals surface area contributed by atoms with Crippen molar-refractivity contribution >= 4 is 29.5 Å². The number of hydrogen-bond acceptors (Lipinski definition) is 20. The molecule has 86 heavy (non-hydrogen) atoms. The lowest BCUT2D eigenvalue weighted by molar-refractivity contribution is -0.474. The normalized spacial score (nSPS) is 17.6. The molecule has 23 nitrogen and oxygen atoms in total. The van der Waals surface area contributed by atoms with E-state index in [1.165, 1.54) is 5.32 Å². The number of halogens is 11. The number of carbonyl (C=O) groups excluding carboxylic acids is 3. The summed E-state index contributed by atoms with van der Waals surface area (Å²) in [4.78, 5) is 36.3. The van der Waals surface area contributed by atoms with Gasteiger partial charge in [0, 0.05) is 55.6 Å². The Hall–Kier alpha value is -3.85. The van der Waals surface area contributed by atoms with Gasteiger partial charge in [0.2, 0.25) is 17.9 Å². The highest BCUT2D eigenvalue weighted by atomic mass is 32.2. The number of rotatable bonds is 53. The molecule has 1 aromatic heterocycles. The van der Waals surface area contributed by atoms with E-state index in [1.807, 2.05) is 11.8 Å². The van der Waals surface area contributed by atoms with Crippen LogP contribution in [0.3, 0.4) is 0 Å². The van der Waals surface area contributed by atoms with Gasteiger partial charge in [-0.05, 0) is 25.2 Å². The minimum Gasteiger partial charge on any atom is -0.385 e. The Morgan fingerprint density at radius 3 is 1.59 bits per heavy atom. The molecular formula is C51H82F11N7O16S. The number of amides is 3. The van der Waals surface area contributed by atoms with Crippen LogP contribution in [-0.4, -0.2) is 251 Å². The fourth-order valence-corrected chi connectivity index (χ4v) is 9.39. The molecule has 3 amide bonds. The van der Waals surface area contributed by atoms with Crippen molar-refractivity contribution in [1.82, 2.24) is 36.3 Å². The van der Waals surface area contributed by atoms with Gasteiger partial charge in [-0.3, -0.25) is 19.1 Å². The van der Waals surface area contributed by atoms with Crippen molar-refractivity contribution < 1.29 is 124 Å². The lowest BCUT2D eigenvalue weighted by atomic mass is 9.94. The topological polar surface area (TPSA) is 250 Å². The monoisotopic (exact) mass is 1290 g/mol. The van der Waals surface area contributed by atoms with Crippen LogP contribution in [0.25, 0.3) is 0 Å². The summed E-state index contributed by atoms with van der Waals surface area (Å²) in [6, 6.07) is 0.565. The maximum atomic E-state index is 14.3. The van der Waals surface area contributed by atoms with Gasteiger partial charge >= 0.3 is 24.3 Å². The Balaban J connectivity index is 0.978. The Kier molecular flexibility index (Phi) is 37.5. The molecule has 0 radical (unpaired) electrons. The Morgan fingerprint density at radius 2 is 1.10 bits per heavy atom. The van der Waals surface area contributed by atoms with Gasteiger partial charge in [0.1, 0.15) is 12.3 Å². The number of nitrogens with one attached hydrogen (secondary N) is 4. The van der Waals surface area contributed by atoms with Crippen LogP contribution in [0.15, 0.2) is 18.5 Å². The van der Waals surface area contributed by atoms with Gasteiger partial charge < -0.3 is 78.1 Å². The van der Waals surface area contributed by atoms with E-state index in [9.17, 15) is 62.7 Å². The van der Waals surface area contributed by atoms with E-state index in [1.54, 1.807) is 10.9 Å². The van der Waals surface area contributed by atoms with E-state index >= 15 is 0 Å². The predicted molar refractivity (Wildman–Crippen MR) is 283 cm³/mol. The van der Waals surface area contributed by atoms with Crippen LogP contribution >= 0.6 is 11.8 Å². The first-order valence-corrected chi connectivity index (χ1v) is 29.0. The van der Waals surface area contributed by atoms with Gasteiger partial charge in [0.15, 0.2) is 0 Å². The fraction of sp³-hybridized carbons (Fsp3) is 0.863. The van der Waals surface area contributed by atoms with Crippen LogP contribution in [0.5, 0.6) is 0 Å². The van der Waals surface area contributed by atoms with E-state index in [0.717, 1.165) is 37.1 Å². The van der Waals surface area contributed by atoms with Crippen molar-refractivity contribution in [2.75, 3.05) is 171 Å². The third-order valence-electron chi connectivity index (χ3n) is 12.0. The number of nitrogens with zero attached hydrogens (tertiary/aromatic N) is 3. The van der Waals surface area contributed by atoms with Gasteiger partial charge in [-0.2, -0.15) is 51.3 Å². The minimum atomic E-state index is -6.88. The molecule has 1 aromatic rings. The molecule has 0 saturated carbocycles. The van der Waals surface area contributed by atoms with Crippen molar-refractivity contribution in [2.45, 2.75) is 106 Å². The molecule has 3 rings (SSSR count). The number of thioether (sulfide) groups is 1. The van der Waals surface area contributed by atoms with Crippen LogP contribution in [0.4, 0.5) is 48.3 Å². The summed E-state index contributed by atoms with van der Waals surface area (Å²) in [5.74, 6) is -11.6. The summed E-state index contributed by atoms with van der Waals surface area (Å²) >= 11 is 2.04. The standard InChI is InChI=1S/C51H82F11N7O16S/c1-38-33-40-41(66-38)36-86-42(40)5-3-4-6-43(70)65-34-39-35-69(68-67-39)10-14-76-18-22-80-26-30-83-32-31-81-27-23-77-19-15-73-11-7-44(71)63-8-12-74-16-20-78-24-28-82-29-25-79-21-17-75-13-9-64-46(72)45(48(54,55)56)85-51(61,62)49(57,50(58,59)60)84-37-47(2,52)53/h35,40-42,45,66H,1,3-34,36-37H2,2H3,(H,63,71)(H,64,72)(H,65,70)/t40-,41-,42-,45?,49?/m0/s1. The number of unbranched alkanes of at least 4 members (excludes halogenated alkanes) is 1. The van der Waals surface area contributed by atoms with Crippen LogP contribution in [0, 0.1) is 5.92 Å². The molecule has 0 aliphatic carbocycles. The number of ether oxygens (including phenoxy) is 13. The zero-order valence-electron chi connectivity index (χ0n) is 48.1. The number of hydrogen-bond donors (Lipinski definition) is 4. The maximum Gasteiger partial charge on any atom is 0.457 e. The van der Waals surface area contributed by atoms with Crippen LogP contribution < -0.4 is 21.3 Å². The van der Waals surface area contributed by atoms with Gasteiger partial charge in [0.05, 0.1) is 165 Å². The van der Waals surface area contributed by atoms with E-state index in [4.69, 9.17) is 52.1 Å². The summed E-state index contributed by atoms with van der Waals surface area (Å²) in [7, 11) is 0. The molecule has 500 valence electrons. The molecule has 2 unspecified atom stereocenters. The summed E-state index contributed by atoms with van der Waals surface area (Å²) in [6.45, 7) is 6.77. The Labute approximate surface area is 496 Å². The molecule has 0 bridgehead atoms. The van der Waals surface area contributed by atoms with Crippen LogP contribution in [-0.2, 0) is 89.1 Å². The Morgan fingerprint density at radius 1 is 0.640 bits per heavy atom. The summed E-state index contributed by atoms with van der Waals surface area (Å²) in [6.07, 6.45) is -17.4. The van der Waals surface area contributed by atoms with Crippen molar-refractivity contribution in [3.8, 4) is 0 Å². The zero-order valence-corrected chi connectivity index (χ0v) is 48.9. The highest BCUT2D eigenvalue weighted by Crippen LogP contribution is 2.49. The van der Waals surface area contributed by atoms with Gasteiger partial charge in [0.25, 0.3) is 11.8 Å². The number of allylic oxidation sites excluding steroid dienone is 1. The zero-order chi connectivity index (χ0) is 63.2. The van der Waals surface area contributed by atoms with E-state index < -0.39 is 62.0 Å². The molecule has 0 aromatic carbocycles. The van der Waals surface area contributed by atoms with Gasteiger partial charge in [-0.15, -0.1) is 5.10 Å². The minimum absolute atomic E-state index is 0.0226. The lowest BCUT2D eigenvalue weighted by Gasteiger charge is -2.36. The molecule has 2 fully saturated rings. The second-order valence-corrected chi connectivity index (χ2v) is 20.5. The number of carbonyl (C=O) groups is 3. The molecule has 0 spiro atoms. The second-order valence-electron chi connectivity index (χ2n) is 19.2. The third-order valence-corrected chi connectivity index (χ3v) is 13.6. The molecule has 2 aliphatic heterocycles. The van der Waals surface area contributed by atoms with Crippen molar-refractivity contribution in [2.24, 2.45) is 5.92 Å². The average Bonchev–Trinajstić information content (AvgIpc) is 1.11. The first-order valence-electron chi connectivity index (χ1n) is 27.9. The van der Waals surface area contributed by atoms with Crippen molar-refractivity contribution in [3.05, 3.63) is 24.2 Å². The summed E-state index contributed by atoms with van der Waals surface area (Å²) in [5.41, 5.74) is 1.85.